The summed E-state index contributed by atoms with van der Waals surface area (Å²) in [6.07, 6.45) is -13.5. The minimum absolute atomic E-state index is 0.278. The molecule has 4 aromatic rings. The fourth-order valence-corrected chi connectivity index (χ4v) is 7.24. The largest absolute Gasteiger partial charge is 0.444 e. The fourth-order valence-electron chi connectivity index (χ4n) is 5.82. The van der Waals surface area contributed by atoms with Gasteiger partial charge in [0.1, 0.15) is 21.9 Å². The molecule has 2 atom stereocenters. The Hall–Kier alpha value is -4.61. The summed E-state index contributed by atoms with van der Waals surface area (Å²) < 4.78 is 96.2. The molecule has 54 heavy (non-hydrogen) atoms. The zero-order valence-electron chi connectivity index (χ0n) is 30.2. The van der Waals surface area contributed by atoms with E-state index in [-0.39, 0.29) is 5.69 Å². The lowest BCUT2D eigenvalue weighted by Crippen LogP contribution is -2.55. The molecule has 8 nitrogen and oxygen atoms in total. The number of benzene rings is 2. The Morgan fingerprint density at radius 2 is 1.31 bits per heavy atom. The first kappa shape index (κ1) is 40.6. The van der Waals surface area contributed by atoms with Gasteiger partial charge in [0.2, 0.25) is 12.5 Å². The number of ether oxygens (including phenoxy) is 3. The number of nitrogens with zero attached hydrogens (tertiary/aromatic N) is 3. The van der Waals surface area contributed by atoms with Crippen LogP contribution in [-0.2, 0) is 30.2 Å². The molecule has 16 heteroatoms. The Bertz CT molecular complexity index is 2120. The van der Waals surface area contributed by atoms with Crippen molar-refractivity contribution in [1.82, 2.24) is 0 Å². The molecule has 2 aromatic carbocycles. The van der Waals surface area contributed by atoms with Gasteiger partial charge in [-0.2, -0.15) is 36.9 Å². The summed E-state index contributed by atoms with van der Waals surface area (Å²) in [7, 11) is 0. The second kappa shape index (κ2) is 14.6. The Kier molecular flexibility index (Phi) is 10.9. The van der Waals surface area contributed by atoms with Crippen LogP contribution in [0.1, 0.15) is 69.3 Å². The van der Waals surface area contributed by atoms with E-state index < -0.39 is 54.1 Å². The molecule has 2 aliphatic heterocycles. The molecule has 0 amide bonds. The van der Waals surface area contributed by atoms with Crippen LogP contribution in [-0.4, -0.2) is 37.5 Å². The van der Waals surface area contributed by atoms with Crippen LogP contribution < -0.4 is 10.2 Å². The van der Waals surface area contributed by atoms with Crippen LogP contribution in [0.3, 0.4) is 0 Å². The Morgan fingerprint density at radius 1 is 0.796 bits per heavy atom. The quantitative estimate of drug-likeness (QED) is 0.161. The van der Waals surface area contributed by atoms with E-state index in [9.17, 15) is 31.1 Å². The summed E-state index contributed by atoms with van der Waals surface area (Å²) in [5.74, 6) is -0.612. The molecule has 286 valence electrons. The van der Waals surface area contributed by atoms with Crippen molar-refractivity contribution in [2.75, 3.05) is 16.9 Å². The minimum Gasteiger partial charge on any atom is -0.444 e. The lowest BCUT2D eigenvalue weighted by molar-refractivity contribution is -0.257. The number of alkyl halides is 6. The van der Waals surface area contributed by atoms with Gasteiger partial charge in [0.25, 0.3) is 0 Å². The van der Waals surface area contributed by atoms with E-state index in [1.165, 1.54) is 22.7 Å². The molecule has 2 aliphatic rings. The smallest absolute Gasteiger partial charge is 0.433 e. The van der Waals surface area contributed by atoms with Gasteiger partial charge in [-0.1, -0.05) is 12.1 Å². The number of halogens is 6. The predicted octanol–water partition coefficient (Wildman–Crippen LogP) is 10.6. The number of esters is 1. The van der Waals surface area contributed by atoms with Gasteiger partial charge < -0.3 is 24.4 Å². The predicted molar refractivity (Wildman–Crippen MR) is 193 cm³/mol. The number of hydrogen-bond acceptors (Lipinski definition) is 10. The first-order valence-corrected chi connectivity index (χ1v) is 18.2. The van der Waals surface area contributed by atoms with Crippen molar-refractivity contribution in [2.24, 2.45) is 5.41 Å². The van der Waals surface area contributed by atoms with E-state index in [0.717, 1.165) is 27.2 Å². The highest BCUT2D eigenvalue weighted by molar-refractivity contribution is 7.11. The number of carbonyl (C=O) groups is 1. The summed E-state index contributed by atoms with van der Waals surface area (Å²) in [6, 6.07) is 17.8. The van der Waals surface area contributed by atoms with E-state index >= 15 is 0 Å². The molecule has 0 saturated carbocycles. The number of hydrogen-bond donors (Lipinski definition) is 1. The van der Waals surface area contributed by atoms with Gasteiger partial charge in [-0.05, 0) is 118 Å². The van der Waals surface area contributed by atoms with E-state index in [1.54, 1.807) is 97.0 Å². The lowest BCUT2D eigenvalue weighted by Gasteiger charge is -2.46. The number of nitriles is 2. The molecule has 1 N–H and O–H groups in total. The SMILES string of the molecule is CC(C)(C)C(=O)OCN1c2ccc(-c3csc(C#N)c3)cc2C(C)(C)OC1C(F)(F)F.CC1(C)OC(C(F)(F)F)Nc2ccc(-c3csc(C#N)c3)cc21. The fraction of sp³-hybridized carbons (Fsp3) is 0.395. The number of thiophene rings is 2. The van der Waals surface area contributed by atoms with Gasteiger partial charge in [-0.15, -0.1) is 22.7 Å². The molecule has 0 radical (unpaired) electrons. The standard InChI is InChI=1S/C22H23F3N2O3S.C16H13F3N2OS/c1-20(2,3)19(28)29-12-27-17-7-6-13(14-8-15(10-26)31-11-14)9-16(17)21(4,5)30-18(27)22(23,24)25;1-15(2)12-6-9(10-5-11(7-20)23-8-10)3-4-13(12)21-14(22-15)16(17,18)19/h6-9,11,18H,12H2,1-5H3;3-6,8,14,21H,1-2H3. The average molecular weight is 791 g/mol. The Labute approximate surface area is 316 Å². The molecule has 0 aliphatic carbocycles. The minimum atomic E-state index is -4.70. The van der Waals surface area contributed by atoms with E-state index in [2.05, 4.69) is 17.5 Å². The highest BCUT2D eigenvalue weighted by Gasteiger charge is 2.53. The normalized spacial score (nSPS) is 18.8. The molecule has 6 rings (SSSR count). The third-order valence-electron chi connectivity index (χ3n) is 8.62. The summed E-state index contributed by atoms with van der Waals surface area (Å²) in [5, 5.41) is 24.0. The molecular formula is C38H36F6N4O4S2. The van der Waals surface area contributed by atoms with Crippen LogP contribution in [0.15, 0.2) is 59.3 Å². The van der Waals surface area contributed by atoms with Gasteiger partial charge in [-0.3, -0.25) is 4.79 Å². The second-order valence-corrected chi connectivity index (χ2v) is 16.4. The van der Waals surface area contributed by atoms with E-state index in [4.69, 9.17) is 24.7 Å². The highest BCUT2D eigenvalue weighted by atomic mass is 32.1. The third-order valence-corrected chi connectivity index (χ3v) is 10.3. The number of carbonyl (C=O) groups excluding carboxylic acids is 1. The van der Waals surface area contributed by atoms with Crippen LogP contribution in [0.25, 0.3) is 22.3 Å². The van der Waals surface area contributed by atoms with Crippen LogP contribution in [0.4, 0.5) is 37.7 Å². The summed E-state index contributed by atoms with van der Waals surface area (Å²) in [5.41, 5.74) is 1.94. The van der Waals surface area contributed by atoms with Crippen LogP contribution in [0.2, 0.25) is 0 Å². The van der Waals surface area contributed by atoms with Crippen molar-refractivity contribution < 1.29 is 45.3 Å². The monoisotopic (exact) mass is 790 g/mol. The van der Waals surface area contributed by atoms with Crippen molar-refractivity contribution in [3.63, 3.8) is 0 Å². The maximum atomic E-state index is 13.8. The van der Waals surface area contributed by atoms with E-state index in [0.29, 0.717) is 26.6 Å². The molecule has 2 unspecified atom stereocenters. The highest BCUT2D eigenvalue weighted by Crippen LogP contribution is 2.47. The van der Waals surface area contributed by atoms with Gasteiger partial charge >= 0.3 is 18.3 Å². The molecule has 0 spiro atoms. The number of rotatable bonds is 4. The van der Waals surface area contributed by atoms with Crippen molar-refractivity contribution in [1.29, 1.82) is 10.5 Å². The van der Waals surface area contributed by atoms with Crippen molar-refractivity contribution in [3.05, 3.63) is 80.2 Å². The molecular weight excluding hydrogens is 755 g/mol. The van der Waals surface area contributed by atoms with Crippen molar-refractivity contribution in [3.8, 4) is 34.4 Å². The zero-order chi connectivity index (χ0) is 40.0. The van der Waals surface area contributed by atoms with Gasteiger partial charge in [0.15, 0.2) is 6.73 Å². The molecule has 0 bridgehead atoms. The van der Waals surface area contributed by atoms with Crippen LogP contribution in [0, 0.1) is 28.1 Å². The lowest BCUT2D eigenvalue weighted by atomic mass is 9.90. The maximum absolute atomic E-state index is 13.8. The number of nitrogens with one attached hydrogen (secondary N) is 1. The first-order chi connectivity index (χ1) is 24.9. The summed E-state index contributed by atoms with van der Waals surface area (Å²) in [4.78, 5) is 14.2. The van der Waals surface area contributed by atoms with Crippen LogP contribution >= 0.6 is 22.7 Å². The van der Waals surface area contributed by atoms with E-state index in [1.807, 2.05) is 10.8 Å². The topological polar surface area (TPSA) is 108 Å². The summed E-state index contributed by atoms with van der Waals surface area (Å²) in [6.45, 7) is 10.7. The molecule has 4 heterocycles. The zero-order valence-corrected chi connectivity index (χ0v) is 31.8. The molecule has 0 saturated heterocycles. The van der Waals surface area contributed by atoms with Gasteiger partial charge in [0, 0.05) is 22.5 Å². The third kappa shape index (κ3) is 8.68. The number of fused-ring (bicyclic) bond motifs is 2. The van der Waals surface area contributed by atoms with Gasteiger partial charge in [0.05, 0.1) is 16.6 Å². The van der Waals surface area contributed by atoms with Crippen molar-refractivity contribution in [2.45, 2.75) is 84.5 Å². The maximum Gasteiger partial charge on any atom is 0.433 e. The molecule has 2 aromatic heterocycles. The van der Waals surface area contributed by atoms with Crippen molar-refractivity contribution >= 4 is 40.0 Å². The second-order valence-electron chi connectivity index (χ2n) is 14.6. The first-order valence-electron chi connectivity index (χ1n) is 16.4. The average Bonchev–Trinajstić information content (AvgIpc) is 3.76. The number of anilines is 2. The molecule has 0 fully saturated rings. The van der Waals surface area contributed by atoms with Crippen LogP contribution in [0.5, 0.6) is 0 Å². The Balaban J connectivity index is 0.000000217. The summed E-state index contributed by atoms with van der Waals surface area (Å²) >= 11 is 2.62. The van der Waals surface area contributed by atoms with Gasteiger partial charge in [-0.25, -0.2) is 0 Å². The Morgan fingerprint density at radius 3 is 1.80 bits per heavy atom.